The van der Waals surface area contributed by atoms with E-state index in [0.717, 1.165) is 17.7 Å². The Morgan fingerprint density at radius 1 is 0.902 bits per heavy atom. The number of esters is 2. The van der Waals surface area contributed by atoms with Crippen LogP contribution < -0.4 is 4.74 Å². The maximum Gasteiger partial charge on any atom is 0.306 e. The second kappa shape index (κ2) is 22.2. The van der Waals surface area contributed by atoms with Crippen molar-refractivity contribution in [3.63, 3.8) is 0 Å². The minimum atomic E-state index is -0.658. The Hall–Kier alpha value is -1.38. The number of ether oxygens (including phenoxy) is 3. The first kappa shape index (κ1) is 35.8. The Balaban J connectivity index is 2.11. The number of hydrogen-bond donors (Lipinski definition) is 1. The van der Waals surface area contributed by atoms with Crippen LogP contribution in [0, 0.1) is 0 Å². The molecule has 0 bridgehead atoms. The van der Waals surface area contributed by atoms with Gasteiger partial charge in [0.2, 0.25) is 0 Å². The van der Waals surface area contributed by atoms with Crippen molar-refractivity contribution in [3.8, 4) is 5.75 Å². The zero-order valence-corrected chi connectivity index (χ0v) is 27.3. The van der Waals surface area contributed by atoms with E-state index in [-0.39, 0.29) is 23.6 Å². The van der Waals surface area contributed by atoms with E-state index in [4.69, 9.17) is 14.2 Å². The highest BCUT2D eigenvalue weighted by atomic mass is 32.2. The third-order valence-electron chi connectivity index (χ3n) is 7.82. The molecule has 2 atom stereocenters. The smallest absolute Gasteiger partial charge is 0.306 e. The highest BCUT2D eigenvalue weighted by Crippen LogP contribution is 2.46. The summed E-state index contributed by atoms with van der Waals surface area (Å²) in [5.41, 5.74) is 2.28. The van der Waals surface area contributed by atoms with Crippen LogP contribution in [0.1, 0.15) is 126 Å². The third-order valence-corrected chi connectivity index (χ3v) is 10.3. The molecule has 0 spiro atoms. The predicted octanol–water partition coefficient (Wildman–Crippen LogP) is 8.25. The van der Waals surface area contributed by atoms with Gasteiger partial charge >= 0.3 is 11.9 Å². The van der Waals surface area contributed by atoms with E-state index in [9.17, 15) is 14.7 Å². The van der Waals surface area contributed by atoms with Crippen LogP contribution >= 0.6 is 23.5 Å². The largest absolute Gasteiger partial charge is 0.493 e. The fourth-order valence-electron chi connectivity index (χ4n) is 5.44. The van der Waals surface area contributed by atoms with Gasteiger partial charge in [0, 0.05) is 22.8 Å². The van der Waals surface area contributed by atoms with Crippen LogP contribution in [0.5, 0.6) is 5.75 Å². The molecule has 234 valence electrons. The van der Waals surface area contributed by atoms with E-state index in [1.807, 2.05) is 0 Å². The summed E-state index contributed by atoms with van der Waals surface area (Å²) < 4.78 is 16.2. The summed E-state index contributed by atoms with van der Waals surface area (Å²) in [6, 6.07) is 6.39. The van der Waals surface area contributed by atoms with Crippen molar-refractivity contribution in [1.29, 1.82) is 0 Å². The van der Waals surface area contributed by atoms with E-state index < -0.39 is 6.10 Å². The van der Waals surface area contributed by atoms with Gasteiger partial charge < -0.3 is 19.3 Å². The number of carbonyl (C=O) groups excluding carboxylic acids is 2. The Morgan fingerprint density at radius 2 is 1.51 bits per heavy atom. The molecule has 1 N–H and O–H groups in total. The molecule has 0 aromatic heterocycles. The molecule has 2 unspecified atom stereocenters. The molecule has 0 aliphatic heterocycles. The molecule has 0 amide bonds. The lowest BCUT2D eigenvalue weighted by Gasteiger charge is -2.27. The maximum absolute atomic E-state index is 11.8. The second-order valence-corrected chi connectivity index (χ2v) is 13.4. The van der Waals surface area contributed by atoms with E-state index in [1.165, 1.54) is 96.8 Å². The quantitative estimate of drug-likeness (QED) is 0.0980. The second-order valence-electron chi connectivity index (χ2n) is 11.0. The van der Waals surface area contributed by atoms with Crippen LogP contribution in [0.2, 0.25) is 0 Å². The van der Waals surface area contributed by atoms with Crippen molar-refractivity contribution in [3.05, 3.63) is 29.3 Å². The molecule has 2 rings (SSSR count). The number of rotatable bonds is 23. The summed E-state index contributed by atoms with van der Waals surface area (Å²) >= 11 is 3.13. The summed E-state index contributed by atoms with van der Waals surface area (Å²) in [6.07, 6.45) is 16.2. The standard InChI is InChI=1S/C33H54O6S2/c1-4-5-6-7-8-9-10-11-14-22-39-32-27(26-16-12-13-17-26)18-15-19-28(32)33(41-24-21-31(36)38-3)29(34)25-40-23-20-30(35)37-2/h15,18-19,26,29,33-34H,4-14,16-17,20-25H2,1-3H3. The molecule has 0 saturated heterocycles. The highest BCUT2D eigenvalue weighted by Gasteiger charge is 2.29. The van der Waals surface area contributed by atoms with Crippen molar-refractivity contribution in [2.45, 2.75) is 121 Å². The first-order valence-electron chi connectivity index (χ1n) is 15.8. The molecule has 6 nitrogen and oxygen atoms in total. The van der Waals surface area contributed by atoms with Crippen molar-refractivity contribution < 1.29 is 28.9 Å². The van der Waals surface area contributed by atoms with Crippen LogP contribution in [0.3, 0.4) is 0 Å². The normalized spacial score (nSPS) is 15.0. The number of methoxy groups -OCH3 is 2. The van der Waals surface area contributed by atoms with E-state index in [2.05, 4.69) is 25.1 Å². The summed E-state index contributed by atoms with van der Waals surface area (Å²) in [5.74, 6) is 2.55. The molecule has 1 aromatic carbocycles. The summed E-state index contributed by atoms with van der Waals surface area (Å²) in [5, 5.41) is 11.2. The highest BCUT2D eigenvalue weighted by molar-refractivity contribution is 8.00. The fraction of sp³-hybridized carbons (Fsp3) is 0.758. The third kappa shape index (κ3) is 14.1. The molecule has 1 aromatic rings. The molecular formula is C33H54O6S2. The fourth-order valence-corrected chi connectivity index (χ4v) is 7.69. The van der Waals surface area contributed by atoms with Crippen LogP contribution in [0.4, 0.5) is 0 Å². The molecule has 1 aliphatic carbocycles. The Morgan fingerprint density at radius 3 is 2.15 bits per heavy atom. The minimum absolute atomic E-state index is 0.243. The monoisotopic (exact) mass is 610 g/mol. The first-order valence-corrected chi connectivity index (χ1v) is 18.0. The SMILES string of the molecule is CCCCCCCCCCCOc1c(C2CCCC2)cccc1C(SCCC(=O)OC)C(O)CSCCC(=O)OC. The van der Waals surface area contributed by atoms with Crippen LogP contribution in [-0.2, 0) is 19.1 Å². The average Bonchev–Trinajstić information content (AvgIpc) is 3.53. The van der Waals surface area contributed by atoms with Crippen molar-refractivity contribution >= 4 is 35.5 Å². The zero-order chi connectivity index (χ0) is 29.7. The molecule has 8 heteroatoms. The molecule has 1 saturated carbocycles. The van der Waals surface area contributed by atoms with Gasteiger partial charge in [0.15, 0.2) is 0 Å². The Labute approximate surface area is 257 Å². The van der Waals surface area contributed by atoms with Crippen LogP contribution in [-0.4, -0.2) is 61.2 Å². The van der Waals surface area contributed by atoms with E-state index in [1.54, 1.807) is 23.5 Å². The first-order chi connectivity index (χ1) is 20.0. The number of para-hydroxylation sites is 1. The van der Waals surface area contributed by atoms with Gasteiger partial charge in [0.25, 0.3) is 0 Å². The zero-order valence-electron chi connectivity index (χ0n) is 25.7. The number of hydrogen-bond acceptors (Lipinski definition) is 8. The predicted molar refractivity (Wildman–Crippen MR) is 172 cm³/mol. The van der Waals surface area contributed by atoms with E-state index >= 15 is 0 Å². The van der Waals surface area contributed by atoms with E-state index in [0.29, 0.717) is 36.2 Å². The van der Waals surface area contributed by atoms with Gasteiger partial charge in [0.1, 0.15) is 5.75 Å². The van der Waals surface area contributed by atoms with Crippen molar-refractivity contribution in [1.82, 2.24) is 0 Å². The maximum atomic E-state index is 11.8. The van der Waals surface area contributed by atoms with Gasteiger partial charge in [-0.1, -0.05) is 89.3 Å². The van der Waals surface area contributed by atoms with Crippen LogP contribution in [0.25, 0.3) is 0 Å². The number of carbonyl (C=O) groups is 2. The van der Waals surface area contributed by atoms with Gasteiger partial charge in [0.05, 0.1) is 45.0 Å². The lowest BCUT2D eigenvalue weighted by atomic mass is 9.93. The number of thioether (sulfide) groups is 2. The number of benzene rings is 1. The topological polar surface area (TPSA) is 82.1 Å². The lowest BCUT2D eigenvalue weighted by Crippen LogP contribution is -2.21. The Bertz CT molecular complexity index is 858. The van der Waals surface area contributed by atoms with Crippen molar-refractivity contribution in [2.24, 2.45) is 0 Å². The minimum Gasteiger partial charge on any atom is -0.493 e. The molecule has 0 heterocycles. The van der Waals surface area contributed by atoms with Gasteiger partial charge in [-0.3, -0.25) is 9.59 Å². The van der Waals surface area contributed by atoms with Gasteiger partial charge in [-0.2, -0.15) is 23.5 Å². The average molecular weight is 611 g/mol. The number of unbranched alkanes of at least 4 members (excludes halogenated alkanes) is 8. The number of aliphatic hydroxyl groups excluding tert-OH is 1. The van der Waals surface area contributed by atoms with Crippen molar-refractivity contribution in [2.75, 3.05) is 38.1 Å². The summed E-state index contributed by atoms with van der Waals surface area (Å²) in [4.78, 5) is 23.4. The molecule has 1 fully saturated rings. The molecule has 0 radical (unpaired) electrons. The van der Waals surface area contributed by atoms with Gasteiger partial charge in [-0.25, -0.2) is 0 Å². The number of aliphatic hydroxyl groups is 1. The summed E-state index contributed by atoms with van der Waals surface area (Å²) in [6.45, 7) is 2.93. The summed E-state index contributed by atoms with van der Waals surface area (Å²) in [7, 11) is 2.80. The molecule has 1 aliphatic rings. The lowest BCUT2D eigenvalue weighted by molar-refractivity contribution is -0.141. The van der Waals surface area contributed by atoms with Gasteiger partial charge in [-0.15, -0.1) is 0 Å². The molecule has 41 heavy (non-hydrogen) atoms. The van der Waals surface area contributed by atoms with Crippen LogP contribution in [0.15, 0.2) is 18.2 Å². The van der Waals surface area contributed by atoms with Gasteiger partial charge in [-0.05, 0) is 30.7 Å². The molecular weight excluding hydrogens is 556 g/mol. The Kier molecular flexibility index (Phi) is 19.4.